The van der Waals surface area contributed by atoms with Crippen LogP contribution >= 0.6 is 0 Å². The number of benzene rings is 1. The average Bonchev–Trinajstić information content (AvgIpc) is 3.31. The standard InChI is InChI=1S/C16H14N8O/c1-11(15-20-19-14-7-2-3-8-23(14)15)18-16(25)12-5-4-6-13(9-12)24-10-17-21-22-24/h2-11H,1H3,(H,18,25)/t11-/m1/s1. The first-order valence-corrected chi connectivity index (χ1v) is 7.66. The van der Waals surface area contributed by atoms with Gasteiger partial charge < -0.3 is 5.32 Å². The molecule has 0 saturated heterocycles. The second kappa shape index (κ2) is 6.11. The van der Waals surface area contributed by atoms with Crippen molar-refractivity contribution in [2.75, 3.05) is 0 Å². The number of rotatable bonds is 4. The van der Waals surface area contributed by atoms with Crippen LogP contribution in [0.5, 0.6) is 0 Å². The van der Waals surface area contributed by atoms with Crippen molar-refractivity contribution in [3.8, 4) is 5.69 Å². The molecule has 9 heteroatoms. The third kappa shape index (κ3) is 2.82. The average molecular weight is 334 g/mol. The normalized spacial score (nSPS) is 12.2. The maximum Gasteiger partial charge on any atom is 0.251 e. The molecule has 0 bridgehead atoms. The smallest absolute Gasteiger partial charge is 0.251 e. The zero-order valence-corrected chi connectivity index (χ0v) is 13.3. The summed E-state index contributed by atoms with van der Waals surface area (Å²) in [5, 5.41) is 22.2. The van der Waals surface area contributed by atoms with E-state index in [1.54, 1.807) is 18.2 Å². The SMILES string of the molecule is C[C@@H](NC(=O)c1cccc(-n2cnnn2)c1)c1nnc2ccccn12. The Labute approximate surface area is 142 Å². The summed E-state index contributed by atoms with van der Waals surface area (Å²) < 4.78 is 3.34. The largest absolute Gasteiger partial charge is 0.342 e. The molecule has 4 rings (SSSR count). The van der Waals surface area contributed by atoms with Crippen LogP contribution < -0.4 is 5.32 Å². The van der Waals surface area contributed by atoms with Gasteiger partial charge in [0.05, 0.1) is 11.7 Å². The molecule has 4 aromatic rings. The summed E-state index contributed by atoms with van der Waals surface area (Å²) in [6, 6.07) is 12.4. The number of pyridine rings is 1. The van der Waals surface area contributed by atoms with E-state index < -0.39 is 0 Å². The van der Waals surface area contributed by atoms with Gasteiger partial charge in [-0.1, -0.05) is 12.1 Å². The molecule has 124 valence electrons. The van der Waals surface area contributed by atoms with E-state index >= 15 is 0 Å². The zero-order valence-electron chi connectivity index (χ0n) is 13.3. The van der Waals surface area contributed by atoms with Gasteiger partial charge in [0.15, 0.2) is 11.5 Å². The molecule has 3 heterocycles. The number of nitrogens with one attached hydrogen (secondary N) is 1. The fraction of sp³-hybridized carbons (Fsp3) is 0.125. The molecule has 1 N–H and O–H groups in total. The molecule has 0 unspecified atom stereocenters. The van der Waals surface area contributed by atoms with Crippen LogP contribution in [0, 0.1) is 0 Å². The Bertz CT molecular complexity index is 1020. The van der Waals surface area contributed by atoms with E-state index in [-0.39, 0.29) is 11.9 Å². The Morgan fingerprint density at radius 1 is 1.16 bits per heavy atom. The molecular formula is C16H14N8O. The van der Waals surface area contributed by atoms with E-state index in [4.69, 9.17) is 0 Å². The lowest BCUT2D eigenvalue weighted by Crippen LogP contribution is -2.28. The second-order valence-corrected chi connectivity index (χ2v) is 5.49. The van der Waals surface area contributed by atoms with E-state index in [0.29, 0.717) is 17.1 Å². The summed E-state index contributed by atoms with van der Waals surface area (Å²) >= 11 is 0. The van der Waals surface area contributed by atoms with Crippen molar-refractivity contribution >= 4 is 11.6 Å². The number of carbonyl (C=O) groups is 1. The Balaban J connectivity index is 1.57. The van der Waals surface area contributed by atoms with E-state index in [0.717, 1.165) is 5.65 Å². The number of hydrogen-bond donors (Lipinski definition) is 1. The van der Waals surface area contributed by atoms with E-state index in [1.807, 2.05) is 41.8 Å². The van der Waals surface area contributed by atoms with Gasteiger partial charge in [0.25, 0.3) is 5.91 Å². The highest BCUT2D eigenvalue weighted by atomic mass is 16.1. The van der Waals surface area contributed by atoms with Gasteiger partial charge in [-0.05, 0) is 47.7 Å². The minimum absolute atomic E-state index is 0.213. The number of fused-ring (bicyclic) bond motifs is 1. The molecule has 0 saturated carbocycles. The summed E-state index contributed by atoms with van der Waals surface area (Å²) in [6.07, 6.45) is 3.34. The van der Waals surface area contributed by atoms with Gasteiger partial charge in [-0.25, -0.2) is 4.68 Å². The molecule has 25 heavy (non-hydrogen) atoms. The molecule has 0 radical (unpaired) electrons. The molecule has 1 aromatic carbocycles. The van der Waals surface area contributed by atoms with Crippen LogP contribution in [0.1, 0.15) is 29.1 Å². The Morgan fingerprint density at radius 2 is 2.08 bits per heavy atom. The van der Waals surface area contributed by atoms with Crippen molar-refractivity contribution in [3.05, 3.63) is 66.4 Å². The molecule has 0 fully saturated rings. The third-order valence-electron chi connectivity index (χ3n) is 3.80. The van der Waals surface area contributed by atoms with Gasteiger partial charge in [0.1, 0.15) is 6.33 Å². The summed E-state index contributed by atoms with van der Waals surface area (Å²) in [6.45, 7) is 1.87. The molecule has 1 atom stereocenters. The first-order chi connectivity index (χ1) is 12.2. The monoisotopic (exact) mass is 334 g/mol. The van der Waals surface area contributed by atoms with Crippen LogP contribution in [-0.2, 0) is 0 Å². The minimum Gasteiger partial charge on any atom is -0.342 e. The summed E-state index contributed by atoms with van der Waals surface area (Å²) in [5.74, 6) is 0.454. The van der Waals surface area contributed by atoms with Gasteiger partial charge in [-0.3, -0.25) is 9.20 Å². The maximum absolute atomic E-state index is 12.6. The molecule has 0 aliphatic carbocycles. The number of amides is 1. The quantitative estimate of drug-likeness (QED) is 0.601. The van der Waals surface area contributed by atoms with Crippen molar-refractivity contribution in [1.29, 1.82) is 0 Å². The van der Waals surface area contributed by atoms with Crippen molar-refractivity contribution in [2.24, 2.45) is 0 Å². The molecule has 0 spiro atoms. The molecule has 0 aliphatic rings. The van der Waals surface area contributed by atoms with Crippen LogP contribution in [0.3, 0.4) is 0 Å². The molecule has 1 amide bonds. The van der Waals surface area contributed by atoms with Crippen LogP contribution in [0.25, 0.3) is 11.3 Å². The summed E-state index contributed by atoms with van der Waals surface area (Å²) in [7, 11) is 0. The number of tetrazole rings is 1. The lowest BCUT2D eigenvalue weighted by atomic mass is 10.1. The fourth-order valence-electron chi connectivity index (χ4n) is 2.57. The zero-order chi connectivity index (χ0) is 17.2. The van der Waals surface area contributed by atoms with Crippen molar-refractivity contribution < 1.29 is 4.79 Å². The van der Waals surface area contributed by atoms with Crippen LogP contribution in [0.4, 0.5) is 0 Å². The van der Waals surface area contributed by atoms with Gasteiger partial charge in [0, 0.05) is 11.8 Å². The first kappa shape index (κ1) is 14.9. The third-order valence-corrected chi connectivity index (χ3v) is 3.80. The maximum atomic E-state index is 12.6. The predicted molar refractivity (Wildman–Crippen MR) is 88.0 cm³/mol. The Morgan fingerprint density at radius 3 is 2.92 bits per heavy atom. The van der Waals surface area contributed by atoms with Crippen molar-refractivity contribution in [1.82, 2.24) is 40.1 Å². The summed E-state index contributed by atoms with van der Waals surface area (Å²) in [4.78, 5) is 12.6. The first-order valence-electron chi connectivity index (χ1n) is 7.66. The predicted octanol–water partition coefficient (Wildman–Crippen LogP) is 1.20. The van der Waals surface area contributed by atoms with Gasteiger partial charge in [-0.15, -0.1) is 15.3 Å². The molecular weight excluding hydrogens is 320 g/mol. The number of nitrogens with zero attached hydrogens (tertiary/aromatic N) is 7. The molecule has 9 nitrogen and oxygen atoms in total. The molecule has 0 aliphatic heterocycles. The van der Waals surface area contributed by atoms with Gasteiger partial charge in [-0.2, -0.15) is 0 Å². The highest BCUT2D eigenvalue weighted by Gasteiger charge is 2.17. The van der Waals surface area contributed by atoms with E-state index in [1.165, 1.54) is 11.0 Å². The number of aromatic nitrogens is 7. The highest BCUT2D eigenvalue weighted by molar-refractivity contribution is 5.94. The lowest BCUT2D eigenvalue weighted by molar-refractivity contribution is 0.0938. The van der Waals surface area contributed by atoms with Gasteiger partial charge >= 0.3 is 0 Å². The Hall–Kier alpha value is -3.62. The fourth-order valence-corrected chi connectivity index (χ4v) is 2.57. The van der Waals surface area contributed by atoms with Crippen molar-refractivity contribution in [3.63, 3.8) is 0 Å². The summed E-state index contributed by atoms with van der Waals surface area (Å²) in [5.41, 5.74) is 1.95. The number of hydrogen-bond acceptors (Lipinski definition) is 6. The van der Waals surface area contributed by atoms with Crippen molar-refractivity contribution in [2.45, 2.75) is 13.0 Å². The van der Waals surface area contributed by atoms with Crippen LogP contribution in [-0.4, -0.2) is 40.7 Å². The van der Waals surface area contributed by atoms with Gasteiger partial charge in [0.2, 0.25) is 0 Å². The van der Waals surface area contributed by atoms with Crippen LogP contribution in [0.15, 0.2) is 55.0 Å². The highest BCUT2D eigenvalue weighted by Crippen LogP contribution is 2.14. The van der Waals surface area contributed by atoms with E-state index in [9.17, 15) is 4.79 Å². The Kier molecular flexibility index (Phi) is 3.65. The number of carbonyl (C=O) groups excluding carboxylic acids is 1. The second-order valence-electron chi connectivity index (χ2n) is 5.49. The van der Waals surface area contributed by atoms with E-state index in [2.05, 4.69) is 31.0 Å². The van der Waals surface area contributed by atoms with Crippen LogP contribution in [0.2, 0.25) is 0 Å². The molecule has 3 aromatic heterocycles. The lowest BCUT2D eigenvalue weighted by Gasteiger charge is -2.13. The minimum atomic E-state index is -0.304. The topological polar surface area (TPSA) is 103 Å².